The van der Waals surface area contributed by atoms with Crippen LogP contribution in [0.5, 0.6) is 5.75 Å². The quantitative estimate of drug-likeness (QED) is 0.637. The number of alkyl halides is 2. The van der Waals surface area contributed by atoms with Gasteiger partial charge in [-0.05, 0) is 11.6 Å². The van der Waals surface area contributed by atoms with Crippen LogP contribution in [0, 0.1) is 10.1 Å². The van der Waals surface area contributed by atoms with Crippen molar-refractivity contribution in [3.8, 4) is 5.75 Å². The fourth-order valence-electron chi connectivity index (χ4n) is 2.35. The number of hydrogen-bond donors (Lipinski definition) is 2. The molecule has 0 aromatic heterocycles. The van der Waals surface area contributed by atoms with Crippen LogP contribution in [0.4, 0.5) is 14.5 Å². The van der Waals surface area contributed by atoms with E-state index < -0.39 is 28.8 Å². The van der Waals surface area contributed by atoms with E-state index in [1.165, 1.54) is 6.07 Å². The Labute approximate surface area is 138 Å². The van der Waals surface area contributed by atoms with Crippen molar-refractivity contribution in [3.63, 3.8) is 0 Å². The largest absolute Gasteiger partial charge is 0.502 e. The third-order valence-corrected chi connectivity index (χ3v) is 3.32. The number of nitro benzene ring substituents is 1. The average molecular weight is 360 g/mol. The van der Waals surface area contributed by atoms with E-state index in [2.05, 4.69) is 5.32 Å². The Morgan fingerprint density at radius 2 is 1.86 bits per heavy atom. The summed E-state index contributed by atoms with van der Waals surface area (Å²) in [6.45, 7) is 2.10. The first-order valence-corrected chi connectivity index (χ1v) is 6.21. The van der Waals surface area contributed by atoms with Gasteiger partial charge in [0, 0.05) is 32.2 Å². The van der Waals surface area contributed by atoms with Gasteiger partial charge in [-0.2, -0.15) is 0 Å². The summed E-state index contributed by atoms with van der Waals surface area (Å²) in [7, 11) is 0. The van der Waals surface area contributed by atoms with Gasteiger partial charge in [0.05, 0.1) is 11.0 Å². The van der Waals surface area contributed by atoms with E-state index in [0.29, 0.717) is 26.2 Å². The minimum Gasteiger partial charge on any atom is -0.502 e. The lowest BCUT2D eigenvalue weighted by Crippen LogP contribution is -2.46. The third-order valence-electron chi connectivity index (χ3n) is 3.32. The minimum absolute atomic E-state index is 0. The van der Waals surface area contributed by atoms with Gasteiger partial charge in [-0.25, -0.2) is 8.78 Å². The van der Waals surface area contributed by atoms with Crippen LogP contribution < -0.4 is 5.32 Å². The topological polar surface area (TPSA) is 78.6 Å². The van der Waals surface area contributed by atoms with Crippen molar-refractivity contribution >= 4 is 30.5 Å². The van der Waals surface area contributed by atoms with E-state index in [1.54, 1.807) is 4.90 Å². The summed E-state index contributed by atoms with van der Waals surface area (Å²) in [5.41, 5.74) is -0.408. The monoisotopic (exact) mass is 359 g/mol. The number of phenols is 1. The van der Waals surface area contributed by atoms with Crippen LogP contribution in [0.15, 0.2) is 18.2 Å². The molecule has 1 aliphatic rings. The number of rotatable bonds is 4. The molecule has 0 amide bonds. The van der Waals surface area contributed by atoms with Crippen molar-refractivity contribution < 1.29 is 18.8 Å². The summed E-state index contributed by atoms with van der Waals surface area (Å²) < 4.78 is 26.6. The Kier molecular flexibility index (Phi) is 8.54. The normalized spacial score (nSPS) is 16.5. The van der Waals surface area contributed by atoms with Crippen molar-refractivity contribution in [1.29, 1.82) is 0 Å². The Balaban J connectivity index is 0.00000220. The van der Waals surface area contributed by atoms with E-state index in [-0.39, 0.29) is 30.4 Å². The molecule has 10 heteroatoms. The van der Waals surface area contributed by atoms with Gasteiger partial charge in [0.15, 0.2) is 5.75 Å². The van der Waals surface area contributed by atoms with Crippen LogP contribution in [0.25, 0.3) is 0 Å². The molecule has 0 spiro atoms. The number of aromatic hydroxyl groups is 1. The summed E-state index contributed by atoms with van der Waals surface area (Å²) in [5, 5.41) is 23.2. The van der Waals surface area contributed by atoms with Crippen molar-refractivity contribution in [1.82, 2.24) is 10.2 Å². The second-order valence-corrected chi connectivity index (χ2v) is 4.57. The molecule has 2 rings (SSSR count). The highest BCUT2D eigenvalue weighted by molar-refractivity contribution is 5.85. The molecule has 1 fully saturated rings. The van der Waals surface area contributed by atoms with Gasteiger partial charge in [0.2, 0.25) is 0 Å². The zero-order valence-corrected chi connectivity index (χ0v) is 13.1. The molecule has 0 aliphatic carbocycles. The molecule has 1 aliphatic heterocycles. The average Bonchev–Trinajstić information content (AvgIpc) is 2.41. The smallest absolute Gasteiger partial charge is 0.311 e. The van der Waals surface area contributed by atoms with E-state index in [9.17, 15) is 24.0 Å². The van der Waals surface area contributed by atoms with E-state index >= 15 is 0 Å². The zero-order chi connectivity index (χ0) is 14.7. The molecule has 0 unspecified atom stereocenters. The number of phenolic OH excluding ortho intramolecular Hbond substituents is 1. The molecule has 1 atom stereocenters. The Morgan fingerprint density at radius 3 is 2.36 bits per heavy atom. The maximum Gasteiger partial charge on any atom is 0.311 e. The number of benzene rings is 1. The lowest BCUT2D eigenvalue weighted by molar-refractivity contribution is -0.386. The highest BCUT2D eigenvalue weighted by atomic mass is 35.5. The van der Waals surface area contributed by atoms with Crippen LogP contribution in [0.3, 0.4) is 0 Å². The number of nitrogens with one attached hydrogen (secondary N) is 1. The Morgan fingerprint density at radius 1 is 1.27 bits per heavy atom. The van der Waals surface area contributed by atoms with Crippen molar-refractivity contribution in [2.45, 2.75) is 12.5 Å². The van der Waals surface area contributed by atoms with Crippen LogP contribution in [-0.4, -0.2) is 47.5 Å². The number of piperazine rings is 1. The minimum atomic E-state index is -2.66. The molecule has 1 aromatic carbocycles. The van der Waals surface area contributed by atoms with Crippen LogP contribution in [0.2, 0.25) is 0 Å². The summed E-state index contributed by atoms with van der Waals surface area (Å²) in [6, 6.07) is 2.22. The van der Waals surface area contributed by atoms with Gasteiger partial charge in [0.1, 0.15) is 0 Å². The fourth-order valence-corrected chi connectivity index (χ4v) is 2.35. The zero-order valence-electron chi connectivity index (χ0n) is 11.4. The van der Waals surface area contributed by atoms with E-state index in [0.717, 1.165) is 12.1 Å². The first-order valence-electron chi connectivity index (χ1n) is 6.21. The summed E-state index contributed by atoms with van der Waals surface area (Å²) in [4.78, 5) is 11.6. The van der Waals surface area contributed by atoms with Gasteiger partial charge in [-0.1, -0.05) is 6.07 Å². The molecule has 1 saturated heterocycles. The first kappa shape index (κ1) is 20.8. The molecular formula is C12H17Cl2F2N3O3. The van der Waals surface area contributed by atoms with Crippen LogP contribution in [0.1, 0.15) is 11.6 Å². The Hall–Kier alpha value is -1.22. The fraction of sp³-hybridized carbons (Fsp3) is 0.500. The second kappa shape index (κ2) is 9.04. The standard InChI is InChI=1S/C12H15F2N3O3.2ClH/c13-12(14)11(16-5-3-15-4-6-16)8-1-2-10(18)9(7-8)17(19)20;;/h1-2,7,11-12,15,18H,3-6H2;2*1H/t11-;;/m0../s1. The molecule has 1 heterocycles. The van der Waals surface area contributed by atoms with Crippen molar-refractivity contribution in [3.05, 3.63) is 33.9 Å². The number of nitrogens with zero attached hydrogens (tertiary/aromatic N) is 2. The molecule has 2 N–H and O–H groups in total. The highest BCUT2D eigenvalue weighted by Crippen LogP contribution is 2.34. The maximum atomic E-state index is 13.3. The highest BCUT2D eigenvalue weighted by Gasteiger charge is 2.31. The molecule has 0 saturated carbocycles. The summed E-state index contributed by atoms with van der Waals surface area (Å²) in [5.74, 6) is -0.521. The summed E-state index contributed by atoms with van der Waals surface area (Å²) >= 11 is 0. The first-order chi connectivity index (χ1) is 9.50. The van der Waals surface area contributed by atoms with Crippen LogP contribution >= 0.6 is 24.8 Å². The third kappa shape index (κ3) is 4.64. The van der Waals surface area contributed by atoms with Gasteiger partial charge < -0.3 is 10.4 Å². The van der Waals surface area contributed by atoms with Gasteiger partial charge >= 0.3 is 5.69 Å². The lowest BCUT2D eigenvalue weighted by atomic mass is 10.0. The predicted molar refractivity (Wildman–Crippen MR) is 82.4 cm³/mol. The SMILES string of the molecule is Cl.Cl.O=[N+]([O-])c1cc([C@@H](C(F)F)N2CCNCC2)ccc1O. The van der Waals surface area contributed by atoms with E-state index in [1.807, 2.05) is 0 Å². The Bertz CT molecular complexity index is 503. The molecule has 0 bridgehead atoms. The molecule has 22 heavy (non-hydrogen) atoms. The van der Waals surface area contributed by atoms with E-state index in [4.69, 9.17) is 0 Å². The number of halogens is 4. The molecule has 1 aromatic rings. The van der Waals surface area contributed by atoms with Crippen molar-refractivity contribution in [2.75, 3.05) is 26.2 Å². The molecule has 6 nitrogen and oxygen atoms in total. The molecule has 126 valence electrons. The van der Waals surface area contributed by atoms with Gasteiger partial charge in [-0.3, -0.25) is 15.0 Å². The second-order valence-electron chi connectivity index (χ2n) is 4.57. The van der Waals surface area contributed by atoms with Gasteiger partial charge in [0.25, 0.3) is 6.43 Å². The summed E-state index contributed by atoms with van der Waals surface area (Å²) in [6.07, 6.45) is -2.66. The molecule has 0 radical (unpaired) electrons. The van der Waals surface area contributed by atoms with Crippen molar-refractivity contribution in [2.24, 2.45) is 0 Å². The molecular weight excluding hydrogens is 343 g/mol. The van der Waals surface area contributed by atoms with Crippen LogP contribution in [-0.2, 0) is 0 Å². The lowest BCUT2D eigenvalue weighted by Gasteiger charge is -2.34. The maximum absolute atomic E-state index is 13.3. The number of nitro groups is 1. The number of hydrogen-bond acceptors (Lipinski definition) is 5. The predicted octanol–water partition coefficient (Wildman–Crippen LogP) is 2.36. The van der Waals surface area contributed by atoms with Gasteiger partial charge in [-0.15, -0.1) is 24.8 Å².